The van der Waals surface area contributed by atoms with Gasteiger partial charge in [-0.05, 0) is 13.5 Å². The summed E-state index contributed by atoms with van der Waals surface area (Å²) in [6.07, 6.45) is 0.254. The molecule has 0 aromatic rings. The van der Waals surface area contributed by atoms with Gasteiger partial charge in [-0.15, -0.1) is 0 Å². The third-order valence-corrected chi connectivity index (χ3v) is 1.93. The molecule has 0 spiro atoms. The molecule has 0 aliphatic heterocycles. The van der Waals surface area contributed by atoms with Crippen molar-refractivity contribution in [1.82, 2.24) is 4.90 Å². The molecule has 0 heterocycles. The van der Waals surface area contributed by atoms with Crippen LogP contribution < -0.4 is 0 Å². The Morgan fingerprint density at radius 1 is 1.62 bits per heavy atom. The summed E-state index contributed by atoms with van der Waals surface area (Å²) in [7, 11) is 3.38. The monoisotopic (exact) mass is 186 g/mol. The highest BCUT2D eigenvalue weighted by Crippen LogP contribution is 2.01. The summed E-state index contributed by atoms with van der Waals surface area (Å²) in [6.45, 7) is 2.74. The Morgan fingerprint density at radius 3 is 2.62 bits per heavy atom. The molecule has 0 amide bonds. The zero-order valence-electron chi connectivity index (χ0n) is 8.53. The molecule has 0 aliphatic carbocycles. The molecule has 0 fully saturated rings. The van der Waals surface area contributed by atoms with E-state index in [9.17, 15) is 5.11 Å². The maximum atomic E-state index is 9.38. The van der Waals surface area contributed by atoms with Gasteiger partial charge in [-0.25, -0.2) is 0 Å². The van der Waals surface area contributed by atoms with Crippen LogP contribution in [0.3, 0.4) is 0 Å². The fraction of sp³-hybridized carbons (Fsp3) is 0.889. The second-order valence-corrected chi connectivity index (χ2v) is 3.10. The third-order valence-electron chi connectivity index (χ3n) is 1.93. The van der Waals surface area contributed by atoms with E-state index < -0.39 is 6.10 Å². The molecule has 4 heteroatoms. The summed E-state index contributed by atoms with van der Waals surface area (Å²) in [5.41, 5.74) is 0. The minimum Gasteiger partial charge on any atom is -0.389 e. The van der Waals surface area contributed by atoms with Crippen molar-refractivity contribution in [2.45, 2.75) is 25.5 Å². The van der Waals surface area contributed by atoms with Gasteiger partial charge < -0.3 is 9.84 Å². The van der Waals surface area contributed by atoms with Crippen molar-refractivity contribution < 1.29 is 9.84 Å². The average molecular weight is 186 g/mol. The lowest BCUT2D eigenvalue weighted by Crippen LogP contribution is -2.38. The largest absolute Gasteiger partial charge is 0.389 e. The molecule has 4 nitrogen and oxygen atoms in total. The quantitative estimate of drug-likeness (QED) is 0.645. The Morgan fingerprint density at radius 2 is 2.23 bits per heavy atom. The summed E-state index contributed by atoms with van der Waals surface area (Å²) in [6, 6.07) is 2.05. The molecule has 0 aromatic heterocycles. The Labute approximate surface area is 79.7 Å². The van der Waals surface area contributed by atoms with Crippen LogP contribution in [0.5, 0.6) is 0 Å². The third kappa shape index (κ3) is 4.83. The van der Waals surface area contributed by atoms with Crippen LogP contribution in [-0.4, -0.2) is 49.5 Å². The molecule has 0 radical (unpaired) electrons. The smallest absolute Gasteiger partial charge is 0.0973 e. The van der Waals surface area contributed by atoms with Crippen LogP contribution in [0.4, 0.5) is 0 Å². The van der Waals surface area contributed by atoms with Gasteiger partial charge in [0.15, 0.2) is 0 Å². The zero-order chi connectivity index (χ0) is 10.3. The van der Waals surface area contributed by atoms with Gasteiger partial charge in [-0.1, -0.05) is 6.92 Å². The number of nitriles is 1. The molecular weight excluding hydrogens is 168 g/mol. The van der Waals surface area contributed by atoms with Crippen LogP contribution in [0.2, 0.25) is 0 Å². The highest BCUT2D eigenvalue weighted by molar-refractivity contribution is 4.89. The van der Waals surface area contributed by atoms with Crippen LogP contribution in [0.1, 0.15) is 13.3 Å². The number of ether oxygens (including phenoxy) is 1. The van der Waals surface area contributed by atoms with Crippen molar-refractivity contribution in [1.29, 1.82) is 5.26 Å². The predicted octanol–water partition coefficient (Wildman–Crippen LogP) is 0.228. The number of hydrogen-bond donors (Lipinski definition) is 1. The van der Waals surface area contributed by atoms with E-state index in [1.54, 1.807) is 7.11 Å². The van der Waals surface area contributed by atoms with Crippen LogP contribution >= 0.6 is 0 Å². The van der Waals surface area contributed by atoms with Crippen molar-refractivity contribution >= 4 is 0 Å². The van der Waals surface area contributed by atoms with E-state index in [0.29, 0.717) is 13.2 Å². The maximum absolute atomic E-state index is 9.38. The van der Waals surface area contributed by atoms with Gasteiger partial charge in [0.2, 0.25) is 0 Å². The molecule has 13 heavy (non-hydrogen) atoms. The van der Waals surface area contributed by atoms with Gasteiger partial charge >= 0.3 is 0 Å². The van der Waals surface area contributed by atoms with Crippen LogP contribution in [0.25, 0.3) is 0 Å². The van der Waals surface area contributed by atoms with E-state index in [0.717, 1.165) is 6.42 Å². The molecule has 1 N–H and O–H groups in total. The van der Waals surface area contributed by atoms with Gasteiger partial charge in [0.1, 0.15) is 0 Å². The number of methoxy groups -OCH3 is 1. The van der Waals surface area contributed by atoms with Gasteiger partial charge in [0.25, 0.3) is 0 Å². The molecule has 0 aromatic carbocycles. The molecule has 76 valence electrons. The minimum absolute atomic E-state index is 0.119. The van der Waals surface area contributed by atoms with Gasteiger partial charge in [0.05, 0.1) is 24.8 Å². The molecule has 2 atom stereocenters. The summed E-state index contributed by atoms with van der Waals surface area (Å²) >= 11 is 0. The highest BCUT2D eigenvalue weighted by Gasteiger charge is 2.14. The Hall–Kier alpha value is -0.630. The highest BCUT2D eigenvalue weighted by atomic mass is 16.5. The SMILES string of the molecule is CCC(C#N)N(C)CC(O)COC. The topological polar surface area (TPSA) is 56.5 Å². The molecule has 0 aliphatic rings. The van der Waals surface area contributed by atoms with Crippen LogP contribution in [-0.2, 0) is 4.74 Å². The second kappa shape index (κ2) is 6.84. The Balaban J connectivity index is 3.84. The lowest BCUT2D eigenvalue weighted by molar-refractivity contribution is 0.0386. The summed E-state index contributed by atoms with van der Waals surface area (Å²) in [4.78, 5) is 1.84. The van der Waals surface area contributed by atoms with E-state index in [4.69, 9.17) is 10.00 Å². The zero-order valence-corrected chi connectivity index (χ0v) is 8.53. The van der Waals surface area contributed by atoms with E-state index in [2.05, 4.69) is 6.07 Å². The van der Waals surface area contributed by atoms with E-state index in [-0.39, 0.29) is 6.04 Å². The molecule has 2 unspecified atom stereocenters. The Kier molecular flexibility index (Phi) is 6.51. The van der Waals surface area contributed by atoms with Crippen molar-refractivity contribution in [3.63, 3.8) is 0 Å². The first kappa shape index (κ1) is 12.4. The normalized spacial score (nSPS) is 15.4. The fourth-order valence-corrected chi connectivity index (χ4v) is 1.21. The second-order valence-electron chi connectivity index (χ2n) is 3.10. The number of rotatable bonds is 6. The van der Waals surface area contributed by atoms with E-state index in [1.807, 2.05) is 18.9 Å². The van der Waals surface area contributed by atoms with Crippen molar-refractivity contribution in [2.75, 3.05) is 27.3 Å². The Bertz CT molecular complexity index is 167. The van der Waals surface area contributed by atoms with Gasteiger partial charge in [0, 0.05) is 13.7 Å². The first-order chi connectivity index (χ1) is 6.15. The van der Waals surface area contributed by atoms with Crippen molar-refractivity contribution in [3.05, 3.63) is 0 Å². The average Bonchev–Trinajstić information content (AvgIpc) is 2.06. The van der Waals surface area contributed by atoms with Crippen LogP contribution in [0, 0.1) is 11.3 Å². The summed E-state index contributed by atoms with van der Waals surface area (Å²) < 4.78 is 4.79. The lowest BCUT2D eigenvalue weighted by atomic mass is 10.2. The summed E-state index contributed by atoms with van der Waals surface area (Å²) in [5.74, 6) is 0. The molecule has 0 bridgehead atoms. The molecular formula is C9H18N2O2. The maximum Gasteiger partial charge on any atom is 0.0973 e. The number of aliphatic hydroxyl groups is 1. The van der Waals surface area contributed by atoms with Gasteiger partial charge in [-0.2, -0.15) is 5.26 Å². The van der Waals surface area contributed by atoms with E-state index in [1.165, 1.54) is 0 Å². The molecule has 0 rings (SSSR count). The number of nitrogens with zero attached hydrogens (tertiary/aromatic N) is 2. The van der Waals surface area contributed by atoms with Gasteiger partial charge in [-0.3, -0.25) is 4.90 Å². The number of hydrogen-bond acceptors (Lipinski definition) is 4. The first-order valence-corrected chi connectivity index (χ1v) is 4.42. The first-order valence-electron chi connectivity index (χ1n) is 4.42. The molecule has 0 saturated heterocycles. The minimum atomic E-state index is -0.516. The fourth-order valence-electron chi connectivity index (χ4n) is 1.21. The van der Waals surface area contributed by atoms with Crippen molar-refractivity contribution in [2.24, 2.45) is 0 Å². The predicted molar refractivity (Wildman–Crippen MR) is 50.2 cm³/mol. The lowest BCUT2D eigenvalue weighted by Gasteiger charge is -2.23. The van der Waals surface area contributed by atoms with Crippen molar-refractivity contribution in [3.8, 4) is 6.07 Å². The molecule has 0 saturated carbocycles. The van der Waals surface area contributed by atoms with Crippen LogP contribution in [0.15, 0.2) is 0 Å². The number of likely N-dealkylation sites (N-methyl/N-ethyl adjacent to an activating group) is 1. The standard InChI is InChI=1S/C9H18N2O2/c1-4-8(5-10)11(2)6-9(12)7-13-3/h8-9,12H,4,6-7H2,1-3H3. The van der Waals surface area contributed by atoms with E-state index >= 15 is 0 Å². The number of aliphatic hydroxyl groups excluding tert-OH is 1. The summed E-state index contributed by atoms with van der Waals surface area (Å²) in [5, 5.41) is 18.1.